The van der Waals surface area contributed by atoms with Crippen molar-refractivity contribution in [2.75, 3.05) is 29.9 Å². The molecule has 2 saturated carbocycles. The third-order valence-electron chi connectivity index (χ3n) is 16.4. The predicted molar refractivity (Wildman–Crippen MR) is 311 cm³/mol. The largest absolute Gasteiger partial charge is 0.389 e. The average Bonchev–Trinajstić information content (AvgIpc) is 1.93. The first kappa shape index (κ1) is 59.7. The number of hydrogen-bond acceptors (Lipinski definition) is 14. The Morgan fingerprint density at radius 1 is 0.878 bits per heavy atom. The standard InChI is InChI=1S/C60H67ClN8O11S2/c1-6-67-46-27-25-41(81(75,76)77)32-43(46)58(2,3)48(67)21-10-7-11-22-49-59(4,5)44-33-42(82(78,79)80)26-28-47(44)68(49)30-14-8-9-19-40(71)20-16-29-62-51(72)24-13-12-23-50-65-56(63-35-38-17-15-18-39(61)31-38)52-57(66-50)69(37-64-52)53-45-34-60(45,36-70)55(74)54(53)73/h7,10-11,15,17-18,21-22,25-28,31-33,36-37,45,53-55,73-74H,6,8-9,13-14,16,19-20,24,29-30,34-35H2,1-5H3,(H3-,62,63,65,66,72,75,76,77,78,79,80)/p+1/t45-,53-,54-,55?,60+/m1/s1. The zero-order valence-electron chi connectivity index (χ0n) is 46.3. The molecule has 3 aromatic carbocycles. The minimum Gasteiger partial charge on any atom is -0.389 e. The van der Waals surface area contributed by atoms with E-state index in [1.165, 1.54) is 30.6 Å². The first-order chi connectivity index (χ1) is 38.9. The highest BCUT2D eigenvalue weighted by Gasteiger charge is 2.72. The van der Waals surface area contributed by atoms with Crippen LogP contribution in [0.3, 0.4) is 0 Å². The van der Waals surface area contributed by atoms with Crippen LogP contribution in [0.4, 0.5) is 17.2 Å². The first-order valence-corrected chi connectivity index (χ1v) is 30.7. The van der Waals surface area contributed by atoms with Gasteiger partial charge in [0, 0.05) is 91.3 Å². The Balaban J connectivity index is 0.764. The van der Waals surface area contributed by atoms with E-state index in [0.29, 0.717) is 80.3 Å². The number of aldehydes is 1. The van der Waals surface area contributed by atoms with Crippen LogP contribution >= 0.6 is 11.6 Å². The number of carbonyl (C=O) groups excluding carboxylic acids is 3. The van der Waals surface area contributed by atoms with Crippen molar-refractivity contribution in [1.29, 1.82) is 0 Å². The van der Waals surface area contributed by atoms with Crippen LogP contribution in [-0.4, -0.2) is 116 Å². The molecule has 5 aromatic rings. The summed E-state index contributed by atoms with van der Waals surface area (Å²) >= 11 is 6.22. The van der Waals surface area contributed by atoms with Crippen LogP contribution < -0.4 is 15.5 Å². The van der Waals surface area contributed by atoms with Gasteiger partial charge in [-0.15, -0.1) is 0 Å². The van der Waals surface area contributed by atoms with E-state index in [-0.39, 0.29) is 46.1 Å². The summed E-state index contributed by atoms with van der Waals surface area (Å²) < 4.78 is 71.9. The number of Topliss-reactive ketones (excluding diaryl/α,β-unsaturated/α-hetero) is 1. The van der Waals surface area contributed by atoms with Crippen LogP contribution in [0.2, 0.25) is 5.02 Å². The Morgan fingerprint density at radius 2 is 1.61 bits per heavy atom. The summed E-state index contributed by atoms with van der Waals surface area (Å²) in [5.41, 5.74) is 4.54. The number of anilines is 2. The maximum Gasteiger partial charge on any atom is 0.294 e. The minimum absolute atomic E-state index is 0.0933. The van der Waals surface area contributed by atoms with Gasteiger partial charge in [0.2, 0.25) is 17.4 Å². The van der Waals surface area contributed by atoms with Gasteiger partial charge in [0.1, 0.15) is 24.7 Å². The number of amides is 1. The van der Waals surface area contributed by atoms with E-state index < -0.39 is 54.7 Å². The van der Waals surface area contributed by atoms with Crippen molar-refractivity contribution in [3.63, 3.8) is 0 Å². The molecule has 5 atom stereocenters. The number of likely N-dealkylation sites (N-methyl/N-ethyl adjacent to an activating group) is 1. The number of imidazole rings is 1. The second kappa shape index (κ2) is 23.8. The van der Waals surface area contributed by atoms with Gasteiger partial charge in [-0.2, -0.15) is 21.4 Å². The van der Waals surface area contributed by atoms with Crippen molar-refractivity contribution >= 4 is 83.9 Å². The van der Waals surface area contributed by atoms with Crippen molar-refractivity contribution in [3.8, 4) is 11.8 Å². The lowest BCUT2D eigenvalue weighted by Crippen LogP contribution is -2.34. The van der Waals surface area contributed by atoms with Crippen molar-refractivity contribution < 1.29 is 55.1 Å². The molecule has 82 heavy (non-hydrogen) atoms. The van der Waals surface area contributed by atoms with Crippen LogP contribution in [0.1, 0.15) is 121 Å². The fraction of sp³-hybridized carbons (Fsp3) is 0.417. The molecule has 9 rings (SSSR count). The van der Waals surface area contributed by atoms with Gasteiger partial charge in [-0.25, -0.2) is 15.0 Å². The summed E-state index contributed by atoms with van der Waals surface area (Å²) in [6, 6.07) is 16.0. The van der Waals surface area contributed by atoms with Crippen LogP contribution in [0, 0.1) is 23.2 Å². The average molecular weight is 1180 g/mol. The van der Waals surface area contributed by atoms with E-state index >= 15 is 0 Å². The summed E-state index contributed by atoms with van der Waals surface area (Å²) in [6.07, 6.45) is 13.6. The molecule has 432 valence electrons. The van der Waals surface area contributed by atoms with Crippen LogP contribution in [0.15, 0.2) is 113 Å². The van der Waals surface area contributed by atoms with E-state index in [1.54, 1.807) is 22.8 Å². The van der Waals surface area contributed by atoms with Gasteiger partial charge >= 0.3 is 0 Å². The number of hydrogen-bond donors (Lipinski definition) is 6. The Hall–Kier alpha value is -6.90. The SMILES string of the molecule is CCN1\C(=C/C=C/C=C/C2=[N+](CCCCCC(=O)CCCNC(=O)CCC#Cc3nc(NCc4cccc(Cl)c4)c4ncn([C@@H]5[C@H]6C[C@@]6(C=O)C(O)[C@@H]5O)c4n3)c3ccc(S(=O)(=O)O)cc3C2(C)C)C(C)(C)c2cc(S(=O)(=O)O)ccc21. The summed E-state index contributed by atoms with van der Waals surface area (Å²) in [5.74, 6) is 6.06. The molecule has 2 aromatic heterocycles. The second-order valence-electron chi connectivity index (χ2n) is 22.4. The van der Waals surface area contributed by atoms with E-state index in [4.69, 9.17) is 11.6 Å². The summed E-state index contributed by atoms with van der Waals surface area (Å²) in [5, 5.41) is 28.5. The molecule has 2 aliphatic heterocycles. The Kier molecular flexibility index (Phi) is 17.3. The zero-order chi connectivity index (χ0) is 58.9. The molecule has 0 saturated heterocycles. The number of fused-ring (bicyclic) bond motifs is 4. The van der Waals surface area contributed by atoms with Crippen LogP contribution in [0.5, 0.6) is 0 Å². The second-order valence-corrected chi connectivity index (χ2v) is 25.7. The lowest BCUT2D eigenvalue weighted by molar-refractivity contribution is -0.438. The van der Waals surface area contributed by atoms with Crippen LogP contribution in [0.25, 0.3) is 11.2 Å². The summed E-state index contributed by atoms with van der Waals surface area (Å²) in [7, 11) is -8.85. The minimum atomic E-state index is -4.46. The maximum absolute atomic E-state index is 13.0. The van der Waals surface area contributed by atoms with Gasteiger partial charge < -0.3 is 35.1 Å². The molecule has 1 unspecified atom stereocenters. The summed E-state index contributed by atoms with van der Waals surface area (Å²) in [4.78, 5) is 53.3. The normalized spacial score (nSPS) is 21.9. The molecule has 0 spiro atoms. The van der Waals surface area contributed by atoms with Crippen molar-refractivity contribution in [3.05, 3.63) is 131 Å². The number of nitrogens with zero attached hydrogens (tertiary/aromatic N) is 6. The van der Waals surface area contributed by atoms with Crippen LogP contribution in [-0.2, 0) is 52.0 Å². The van der Waals surface area contributed by atoms with Gasteiger partial charge in [0.25, 0.3) is 20.2 Å². The molecule has 6 N–H and O–H groups in total. The van der Waals surface area contributed by atoms with E-state index in [9.17, 15) is 50.5 Å². The lowest BCUT2D eigenvalue weighted by Gasteiger charge is -2.25. The van der Waals surface area contributed by atoms with Gasteiger partial charge in [-0.3, -0.25) is 18.7 Å². The number of aliphatic hydroxyl groups excluding tert-OH is 2. The molecule has 22 heteroatoms. The molecule has 0 bridgehead atoms. The molecule has 4 heterocycles. The molecule has 4 aliphatic rings. The highest BCUT2D eigenvalue weighted by molar-refractivity contribution is 7.86. The number of carbonyl (C=O) groups is 3. The van der Waals surface area contributed by atoms with Crippen molar-refractivity contribution in [2.45, 2.75) is 138 Å². The fourth-order valence-electron chi connectivity index (χ4n) is 11.9. The monoisotopic (exact) mass is 1180 g/mol. The zero-order valence-corrected chi connectivity index (χ0v) is 48.7. The van der Waals surface area contributed by atoms with Gasteiger partial charge in [-0.1, -0.05) is 61.7 Å². The number of halogens is 1. The number of unbranched alkanes of at least 4 members (excludes halogenated alkanes) is 2. The molecular formula is C60H68ClN8O11S2+. The third-order valence-corrected chi connectivity index (χ3v) is 18.3. The Labute approximate surface area is 482 Å². The highest BCUT2D eigenvalue weighted by Crippen LogP contribution is 2.66. The Morgan fingerprint density at radius 3 is 2.32 bits per heavy atom. The molecule has 2 aliphatic carbocycles. The number of benzene rings is 3. The quantitative estimate of drug-likeness (QED) is 0.00900. The number of allylic oxidation sites excluding steroid dienone is 6. The van der Waals surface area contributed by atoms with Gasteiger partial charge in [-0.05, 0) is 118 Å². The molecule has 19 nitrogen and oxygen atoms in total. The number of aliphatic hydroxyl groups is 2. The van der Waals surface area contributed by atoms with E-state index in [0.717, 1.165) is 58.6 Å². The smallest absolute Gasteiger partial charge is 0.294 e. The summed E-state index contributed by atoms with van der Waals surface area (Å²) in [6.45, 7) is 11.9. The van der Waals surface area contributed by atoms with Crippen molar-refractivity contribution in [2.24, 2.45) is 11.3 Å². The molecular weight excluding hydrogens is 1110 g/mol. The van der Waals surface area contributed by atoms with Gasteiger partial charge in [0.05, 0.1) is 39.1 Å². The molecule has 2 fully saturated rings. The van der Waals surface area contributed by atoms with Gasteiger partial charge in [0.15, 0.2) is 22.7 Å². The highest BCUT2D eigenvalue weighted by atomic mass is 35.5. The third kappa shape index (κ3) is 12.1. The molecule has 0 radical (unpaired) electrons. The number of aromatic nitrogens is 4. The predicted octanol–water partition coefficient (Wildman–Crippen LogP) is 8.11. The number of ketones is 1. The number of rotatable bonds is 23. The Bertz CT molecular complexity index is 3790. The van der Waals surface area contributed by atoms with E-state index in [2.05, 4.69) is 46.9 Å². The number of nitrogens with one attached hydrogen (secondary N) is 2. The maximum atomic E-state index is 13.0. The topological polar surface area (TPSA) is 274 Å². The molecule has 1 amide bonds. The lowest BCUT2D eigenvalue weighted by atomic mass is 9.81. The fourth-order valence-corrected chi connectivity index (χ4v) is 13.2. The first-order valence-electron chi connectivity index (χ1n) is 27.5. The van der Waals surface area contributed by atoms with E-state index in [1.807, 2.05) is 83.2 Å². The van der Waals surface area contributed by atoms with Crippen molar-refractivity contribution in [1.82, 2.24) is 24.8 Å².